The van der Waals surface area contributed by atoms with E-state index in [0.29, 0.717) is 5.92 Å². The zero-order valence-electron chi connectivity index (χ0n) is 12.8. The highest BCUT2D eigenvalue weighted by molar-refractivity contribution is 5.85. The van der Waals surface area contributed by atoms with Crippen molar-refractivity contribution in [1.29, 1.82) is 0 Å². The zero-order chi connectivity index (χ0) is 13.9. The van der Waals surface area contributed by atoms with Crippen molar-refractivity contribution in [2.75, 3.05) is 11.9 Å². The molecule has 1 fully saturated rings. The number of unbranched alkanes of at least 4 members (excludes halogenated alkanes) is 1. The van der Waals surface area contributed by atoms with E-state index in [1.807, 2.05) is 6.33 Å². The fourth-order valence-corrected chi connectivity index (χ4v) is 2.39. The van der Waals surface area contributed by atoms with Crippen LogP contribution in [0.4, 0.5) is 5.82 Å². The van der Waals surface area contributed by atoms with E-state index in [-0.39, 0.29) is 12.4 Å². The Morgan fingerprint density at radius 1 is 1.24 bits per heavy atom. The minimum absolute atomic E-state index is 0. The molecule has 1 saturated carbocycles. The van der Waals surface area contributed by atoms with Crippen LogP contribution in [0, 0.1) is 0 Å². The van der Waals surface area contributed by atoms with Gasteiger partial charge in [-0.15, -0.1) is 12.4 Å². The second kappa shape index (κ2) is 7.07. The Labute approximate surface area is 132 Å². The van der Waals surface area contributed by atoms with Crippen LogP contribution in [0.25, 0.3) is 11.5 Å². The van der Waals surface area contributed by atoms with E-state index in [2.05, 4.69) is 28.7 Å². The van der Waals surface area contributed by atoms with Crippen LogP contribution < -0.4 is 5.32 Å². The van der Waals surface area contributed by atoms with Crippen molar-refractivity contribution < 1.29 is 0 Å². The summed E-state index contributed by atoms with van der Waals surface area (Å²) in [7, 11) is 0. The van der Waals surface area contributed by atoms with E-state index < -0.39 is 0 Å². The summed E-state index contributed by atoms with van der Waals surface area (Å²) in [5.41, 5.74) is 0.943. The van der Waals surface area contributed by atoms with Gasteiger partial charge in [-0.1, -0.05) is 20.3 Å². The summed E-state index contributed by atoms with van der Waals surface area (Å²) in [5.74, 6) is 3.47. The maximum Gasteiger partial charge on any atom is 0.165 e. The van der Waals surface area contributed by atoms with Gasteiger partial charge in [-0.25, -0.2) is 15.0 Å². The summed E-state index contributed by atoms with van der Waals surface area (Å²) >= 11 is 0. The number of aryl methyl sites for hydroxylation is 1. The van der Waals surface area contributed by atoms with Crippen molar-refractivity contribution in [3.63, 3.8) is 0 Å². The summed E-state index contributed by atoms with van der Waals surface area (Å²) < 4.78 is 2.12. The molecule has 0 amide bonds. The molecule has 2 aliphatic heterocycles. The van der Waals surface area contributed by atoms with Crippen LogP contribution in [-0.4, -0.2) is 26.1 Å². The van der Waals surface area contributed by atoms with Gasteiger partial charge in [0.05, 0.1) is 6.33 Å². The van der Waals surface area contributed by atoms with Gasteiger partial charge in [-0.2, -0.15) is 0 Å². The topological polar surface area (TPSA) is 55.6 Å². The third-order valence-electron chi connectivity index (χ3n) is 3.71. The molecule has 3 rings (SSSR count). The number of imidazole rings is 1. The molecule has 0 saturated heterocycles. The minimum Gasteiger partial charge on any atom is -0.368 e. The molecule has 0 aromatic rings. The maximum atomic E-state index is 4.75. The molecule has 5 nitrogen and oxygen atoms in total. The van der Waals surface area contributed by atoms with Gasteiger partial charge >= 0.3 is 0 Å². The highest BCUT2D eigenvalue weighted by Crippen LogP contribution is 2.40. The third-order valence-corrected chi connectivity index (χ3v) is 3.71. The van der Waals surface area contributed by atoms with Crippen LogP contribution >= 0.6 is 12.4 Å². The standard InChI is InChI=1S/C15H23N5.ClH/c1-3-5-8-16-14-12-15(20(9-4-2)10-17-14)19-13(18-12)11-6-7-11;/h10-11,16H,3-9H2,1-2H3;1H. The second-order valence-corrected chi connectivity index (χ2v) is 5.60. The molecule has 116 valence electrons. The average molecular weight is 310 g/mol. The lowest BCUT2D eigenvalue weighted by atomic mass is 10.3. The first-order valence-corrected chi connectivity index (χ1v) is 7.80. The molecular weight excluding hydrogens is 286 g/mol. The SMILES string of the molecule is CCCCNc1ncn(CCC)c2nc(C3CC3)nc1-2.Cl. The molecule has 21 heavy (non-hydrogen) atoms. The fourth-order valence-electron chi connectivity index (χ4n) is 2.39. The highest BCUT2D eigenvalue weighted by Gasteiger charge is 2.30. The van der Waals surface area contributed by atoms with Gasteiger partial charge in [-0.3, -0.25) is 0 Å². The summed E-state index contributed by atoms with van der Waals surface area (Å²) in [6, 6.07) is 0. The summed E-state index contributed by atoms with van der Waals surface area (Å²) in [5, 5.41) is 3.40. The number of halogens is 1. The second-order valence-electron chi connectivity index (χ2n) is 5.60. The van der Waals surface area contributed by atoms with Gasteiger partial charge in [0.2, 0.25) is 0 Å². The smallest absolute Gasteiger partial charge is 0.165 e. The van der Waals surface area contributed by atoms with E-state index >= 15 is 0 Å². The number of anilines is 1. The molecule has 0 spiro atoms. The predicted octanol–water partition coefficient (Wildman–Crippen LogP) is 3.70. The van der Waals surface area contributed by atoms with Gasteiger partial charge in [0.1, 0.15) is 5.82 Å². The van der Waals surface area contributed by atoms with Crippen LogP contribution in [-0.2, 0) is 6.54 Å². The minimum atomic E-state index is 0. The van der Waals surface area contributed by atoms with Gasteiger partial charge in [0, 0.05) is 19.0 Å². The van der Waals surface area contributed by atoms with E-state index in [1.165, 1.54) is 19.3 Å². The Kier molecular flexibility index (Phi) is 5.39. The largest absolute Gasteiger partial charge is 0.368 e. The van der Waals surface area contributed by atoms with Gasteiger partial charge < -0.3 is 9.88 Å². The maximum absolute atomic E-state index is 4.75. The van der Waals surface area contributed by atoms with Crippen LogP contribution in [0.5, 0.6) is 0 Å². The molecule has 6 heteroatoms. The molecule has 0 aromatic heterocycles. The van der Waals surface area contributed by atoms with E-state index in [4.69, 9.17) is 9.97 Å². The number of fused-ring (bicyclic) bond motifs is 1. The third kappa shape index (κ3) is 3.46. The van der Waals surface area contributed by atoms with Crippen LogP contribution in [0.3, 0.4) is 0 Å². The fraction of sp³-hybridized carbons (Fsp3) is 0.667. The van der Waals surface area contributed by atoms with E-state index in [0.717, 1.165) is 49.1 Å². The first-order valence-electron chi connectivity index (χ1n) is 7.80. The van der Waals surface area contributed by atoms with E-state index in [1.54, 1.807) is 0 Å². The monoisotopic (exact) mass is 309 g/mol. The van der Waals surface area contributed by atoms with Crippen molar-refractivity contribution >= 4 is 18.2 Å². The van der Waals surface area contributed by atoms with Crippen LogP contribution in [0.2, 0.25) is 0 Å². The number of rotatable bonds is 7. The van der Waals surface area contributed by atoms with Crippen LogP contribution in [0.15, 0.2) is 6.33 Å². The predicted molar refractivity (Wildman–Crippen MR) is 87.4 cm³/mol. The van der Waals surface area contributed by atoms with Crippen molar-refractivity contribution in [2.24, 2.45) is 0 Å². The summed E-state index contributed by atoms with van der Waals surface area (Å²) in [4.78, 5) is 14.0. The summed E-state index contributed by atoms with van der Waals surface area (Å²) in [6.45, 7) is 6.26. The summed E-state index contributed by atoms with van der Waals surface area (Å²) in [6.07, 6.45) is 7.77. The molecular formula is C15H24ClN5. The van der Waals surface area contributed by atoms with Gasteiger partial charge in [0.25, 0.3) is 0 Å². The zero-order valence-corrected chi connectivity index (χ0v) is 13.6. The Morgan fingerprint density at radius 3 is 2.71 bits per heavy atom. The first-order chi connectivity index (χ1) is 9.83. The Morgan fingerprint density at radius 2 is 2.05 bits per heavy atom. The lowest BCUT2D eigenvalue weighted by Gasteiger charge is -2.13. The Balaban J connectivity index is 0.00000161. The lowest BCUT2D eigenvalue weighted by molar-refractivity contribution is 0.658. The number of hydrogen-bond donors (Lipinski definition) is 1. The van der Waals surface area contributed by atoms with Gasteiger partial charge in [0.15, 0.2) is 17.3 Å². The number of nitrogens with one attached hydrogen (secondary N) is 1. The lowest BCUT2D eigenvalue weighted by Crippen LogP contribution is -2.10. The molecule has 0 atom stereocenters. The average Bonchev–Trinajstić information content (AvgIpc) is 3.20. The normalized spacial score (nSPS) is 14.2. The molecule has 0 aromatic carbocycles. The number of hydrogen-bond acceptors (Lipinski definition) is 4. The highest BCUT2D eigenvalue weighted by atomic mass is 35.5. The van der Waals surface area contributed by atoms with Crippen LogP contribution in [0.1, 0.15) is 57.7 Å². The first kappa shape index (κ1) is 16.0. The van der Waals surface area contributed by atoms with Crippen molar-refractivity contribution in [2.45, 2.75) is 58.4 Å². The Bertz CT molecular complexity index is 549. The quantitative estimate of drug-likeness (QED) is 0.792. The van der Waals surface area contributed by atoms with E-state index in [9.17, 15) is 0 Å². The van der Waals surface area contributed by atoms with Crippen molar-refractivity contribution in [3.8, 4) is 11.5 Å². The number of aromatic nitrogens is 4. The molecule has 0 bridgehead atoms. The molecule has 1 aliphatic carbocycles. The molecule has 0 unspecified atom stereocenters. The van der Waals surface area contributed by atoms with Crippen molar-refractivity contribution in [1.82, 2.24) is 19.5 Å². The number of nitrogens with zero attached hydrogens (tertiary/aromatic N) is 4. The molecule has 2 heterocycles. The molecule has 3 aliphatic rings. The Hall–Kier alpha value is -1.36. The van der Waals surface area contributed by atoms with Gasteiger partial charge in [-0.05, 0) is 25.7 Å². The van der Waals surface area contributed by atoms with Crippen molar-refractivity contribution in [3.05, 3.63) is 12.2 Å². The molecule has 1 N–H and O–H groups in total. The molecule has 0 radical (unpaired) electrons.